The summed E-state index contributed by atoms with van der Waals surface area (Å²) in [5, 5.41) is 4.02. The van der Waals surface area contributed by atoms with Crippen molar-refractivity contribution >= 4 is 39.7 Å². The molecular weight excluding hydrogens is 292 g/mol. The van der Waals surface area contributed by atoms with Gasteiger partial charge in [0.15, 0.2) is 0 Å². The molecule has 1 amide bonds. The highest BCUT2D eigenvalue weighted by molar-refractivity contribution is 7.16. The normalized spacial score (nSPS) is 12.5. The van der Waals surface area contributed by atoms with Crippen LogP contribution in [0, 0.1) is 0 Å². The van der Waals surface area contributed by atoms with E-state index < -0.39 is 0 Å². The number of aromatic amines is 1. The van der Waals surface area contributed by atoms with Crippen molar-refractivity contribution in [2.24, 2.45) is 0 Å². The molecule has 2 heterocycles. The number of rotatable bonds is 3. The smallest absolute Gasteiger partial charge is 0.251 e. The summed E-state index contributed by atoms with van der Waals surface area (Å²) in [4.78, 5) is 16.4. The minimum atomic E-state index is -0.0786. The number of hydrogen-bond donors (Lipinski definition) is 2. The number of aromatic nitrogens is 1. The van der Waals surface area contributed by atoms with Gasteiger partial charge >= 0.3 is 0 Å². The fourth-order valence-corrected chi connectivity index (χ4v) is 3.17. The van der Waals surface area contributed by atoms with E-state index in [-0.39, 0.29) is 11.9 Å². The first-order valence-corrected chi connectivity index (χ1v) is 7.46. The summed E-state index contributed by atoms with van der Waals surface area (Å²) < 4.78 is 0.731. The predicted molar refractivity (Wildman–Crippen MR) is 83.5 cm³/mol. The zero-order valence-corrected chi connectivity index (χ0v) is 12.4. The lowest BCUT2D eigenvalue weighted by atomic mass is 10.1. The summed E-state index contributed by atoms with van der Waals surface area (Å²) in [6.07, 6.45) is 1.86. The number of benzene rings is 1. The van der Waals surface area contributed by atoms with Crippen LogP contribution in [0.1, 0.15) is 28.2 Å². The summed E-state index contributed by atoms with van der Waals surface area (Å²) >= 11 is 7.40. The molecule has 0 aliphatic heterocycles. The van der Waals surface area contributed by atoms with E-state index in [1.807, 2.05) is 49.5 Å². The number of carbonyl (C=O) groups excluding carboxylic acids is 1. The molecule has 2 aromatic heterocycles. The molecule has 0 bridgehead atoms. The van der Waals surface area contributed by atoms with Gasteiger partial charge in [-0.1, -0.05) is 11.6 Å². The highest BCUT2D eigenvalue weighted by Crippen LogP contribution is 2.27. The van der Waals surface area contributed by atoms with E-state index >= 15 is 0 Å². The van der Waals surface area contributed by atoms with Crippen molar-refractivity contribution in [2.45, 2.75) is 13.0 Å². The van der Waals surface area contributed by atoms with Gasteiger partial charge in [-0.25, -0.2) is 0 Å². The highest BCUT2D eigenvalue weighted by Gasteiger charge is 2.13. The average Bonchev–Trinajstić information content (AvgIpc) is 3.05. The van der Waals surface area contributed by atoms with Crippen LogP contribution in [0.25, 0.3) is 10.9 Å². The van der Waals surface area contributed by atoms with Crippen molar-refractivity contribution in [3.63, 3.8) is 0 Å². The zero-order chi connectivity index (χ0) is 14.1. The molecular formula is C15H13ClN2OS. The molecule has 20 heavy (non-hydrogen) atoms. The number of amides is 1. The first-order chi connectivity index (χ1) is 9.63. The molecule has 0 fully saturated rings. The second-order valence-corrected chi connectivity index (χ2v) is 6.36. The van der Waals surface area contributed by atoms with E-state index in [0.29, 0.717) is 5.56 Å². The van der Waals surface area contributed by atoms with Crippen LogP contribution in [0.3, 0.4) is 0 Å². The van der Waals surface area contributed by atoms with Gasteiger partial charge < -0.3 is 10.3 Å². The third-order valence-electron chi connectivity index (χ3n) is 3.18. The third-order valence-corrected chi connectivity index (χ3v) is 4.60. The Bertz CT molecular complexity index is 762. The summed E-state index contributed by atoms with van der Waals surface area (Å²) in [5.41, 5.74) is 1.69. The summed E-state index contributed by atoms with van der Waals surface area (Å²) in [5.74, 6) is -0.0786. The number of thiophene rings is 1. The Balaban J connectivity index is 1.78. The fourth-order valence-electron chi connectivity index (χ4n) is 2.11. The molecule has 0 saturated heterocycles. The van der Waals surface area contributed by atoms with E-state index in [2.05, 4.69) is 10.3 Å². The van der Waals surface area contributed by atoms with Gasteiger partial charge in [-0.2, -0.15) is 0 Å². The lowest BCUT2D eigenvalue weighted by Gasteiger charge is -2.12. The van der Waals surface area contributed by atoms with Crippen molar-refractivity contribution in [2.75, 3.05) is 0 Å². The molecule has 102 valence electrons. The molecule has 3 nitrogen and oxygen atoms in total. The Kier molecular flexibility index (Phi) is 3.51. The standard InChI is InChI=1S/C15H13ClN2OS/c1-9(13-4-5-14(16)20-13)18-15(19)11-2-3-12-10(8-11)6-7-17-12/h2-9,17H,1H3,(H,18,19). The fraction of sp³-hybridized carbons (Fsp3) is 0.133. The van der Waals surface area contributed by atoms with E-state index in [1.54, 1.807) is 0 Å². The minimum absolute atomic E-state index is 0.0538. The molecule has 3 rings (SSSR count). The Morgan fingerprint density at radius 3 is 2.90 bits per heavy atom. The molecule has 1 unspecified atom stereocenters. The second kappa shape index (κ2) is 5.31. The lowest BCUT2D eigenvalue weighted by molar-refractivity contribution is 0.0940. The van der Waals surface area contributed by atoms with Crippen LogP contribution in [0.15, 0.2) is 42.6 Å². The minimum Gasteiger partial charge on any atom is -0.361 e. The Morgan fingerprint density at radius 1 is 1.30 bits per heavy atom. The van der Waals surface area contributed by atoms with Gasteiger partial charge in [-0.05, 0) is 43.3 Å². The maximum absolute atomic E-state index is 12.3. The monoisotopic (exact) mass is 304 g/mol. The van der Waals surface area contributed by atoms with Gasteiger partial charge in [-0.15, -0.1) is 11.3 Å². The molecule has 0 spiro atoms. The van der Waals surface area contributed by atoms with Gasteiger partial charge in [0.2, 0.25) is 0 Å². The van der Waals surface area contributed by atoms with E-state index in [9.17, 15) is 4.79 Å². The Morgan fingerprint density at radius 2 is 2.15 bits per heavy atom. The first kappa shape index (κ1) is 13.2. The SMILES string of the molecule is CC(NC(=O)c1ccc2[nH]ccc2c1)c1ccc(Cl)s1. The molecule has 0 radical (unpaired) electrons. The maximum atomic E-state index is 12.3. The highest BCUT2D eigenvalue weighted by atomic mass is 35.5. The first-order valence-electron chi connectivity index (χ1n) is 6.27. The number of hydrogen-bond acceptors (Lipinski definition) is 2. The van der Waals surface area contributed by atoms with Gasteiger partial charge in [0.1, 0.15) is 0 Å². The molecule has 0 aliphatic rings. The maximum Gasteiger partial charge on any atom is 0.251 e. The van der Waals surface area contributed by atoms with E-state index in [0.717, 1.165) is 20.1 Å². The molecule has 0 saturated carbocycles. The average molecular weight is 305 g/mol. The molecule has 1 aromatic carbocycles. The zero-order valence-electron chi connectivity index (χ0n) is 10.8. The number of H-pyrrole nitrogens is 1. The summed E-state index contributed by atoms with van der Waals surface area (Å²) in [7, 11) is 0. The lowest BCUT2D eigenvalue weighted by Crippen LogP contribution is -2.26. The van der Waals surface area contributed by atoms with Crippen molar-refractivity contribution in [1.82, 2.24) is 10.3 Å². The van der Waals surface area contributed by atoms with Crippen LogP contribution in [-0.4, -0.2) is 10.9 Å². The number of halogens is 1. The number of fused-ring (bicyclic) bond motifs is 1. The van der Waals surface area contributed by atoms with E-state index in [1.165, 1.54) is 11.3 Å². The molecule has 3 aromatic rings. The Hall–Kier alpha value is -1.78. The van der Waals surface area contributed by atoms with Crippen LogP contribution < -0.4 is 5.32 Å². The quantitative estimate of drug-likeness (QED) is 0.741. The third kappa shape index (κ3) is 2.57. The van der Waals surface area contributed by atoms with Gasteiger partial charge in [-0.3, -0.25) is 4.79 Å². The van der Waals surface area contributed by atoms with Crippen molar-refractivity contribution in [1.29, 1.82) is 0 Å². The summed E-state index contributed by atoms with van der Waals surface area (Å²) in [6.45, 7) is 1.95. The van der Waals surface area contributed by atoms with Crippen molar-refractivity contribution in [3.05, 3.63) is 57.4 Å². The van der Waals surface area contributed by atoms with Crippen LogP contribution in [0.5, 0.6) is 0 Å². The molecule has 2 N–H and O–H groups in total. The predicted octanol–water partition coefficient (Wildman–Crippen LogP) is 4.37. The van der Waals surface area contributed by atoms with Gasteiger partial charge in [0.25, 0.3) is 5.91 Å². The van der Waals surface area contributed by atoms with Crippen LogP contribution in [0.4, 0.5) is 0 Å². The van der Waals surface area contributed by atoms with Gasteiger partial charge in [0, 0.05) is 27.5 Å². The van der Waals surface area contributed by atoms with Crippen LogP contribution in [0.2, 0.25) is 4.34 Å². The number of carbonyl (C=O) groups is 1. The molecule has 0 aliphatic carbocycles. The van der Waals surface area contributed by atoms with E-state index in [4.69, 9.17) is 11.6 Å². The second-order valence-electron chi connectivity index (χ2n) is 4.62. The number of nitrogens with one attached hydrogen (secondary N) is 2. The Labute approximate surface area is 125 Å². The summed E-state index contributed by atoms with van der Waals surface area (Å²) in [6, 6.07) is 11.3. The largest absolute Gasteiger partial charge is 0.361 e. The molecule has 5 heteroatoms. The topological polar surface area (TPSA) is 44.9 Å². The molecule has 1 atom stereocenters. The van der Waals surface area contributed by atoms with Crippen LogP contribution >= 0.6 is 22.9 Å². The van der Waals surface area contributed by atoms with Crippen molar-refractivity contribution in [3.8, 4) is 0 Å². The van der Waals surface area contributed by atoms with Gasteiger partial charge in [0.05, 0.1) is 10.4 Å². The van der Waals surface area contributed by atoms with Crippen molar-refractivity contribution < 1.29 is 4.79 Å². The van der Waals surface area contributed by atoms with Crippen LogP contribution in [-0.2, 0) is 0 Å².